The van der Waals surface area contributed by atoms with Gasteiger partial charge in [-0.25, -0.2) is 0 Å². The van der Waals surface area contributed by atoms with E-state index in [2.05, 4.69) is 40.3 Å². The molecule has 0 atom stereocenters. The van der Waals surface area contributed by atoms with Gasteiger partial charge < -0.3 is 24.3 Å². The molecular weight excluding hydrogens is 402 g/mol. The smallest absolute Gasteiger partial charge is 0.226 e. The first-order valence-corrected chi connectivity index (χ1v) is 11.3. The number of anilines is 1. The molecule has 1 spiro atoms. The molecule has 0 saturated carbocycles. The van der Waals surface area contributed by atoms with Crippen molar-refractivity contribution in [1.29, 1.82) is 0 Å². The number of hydrogen-bond donors (Lipinski definition) is 1. The lowest BCUT2D eigenvalue weighted by Crippen LogP contribution is -2.51. The van der Waals surface area contributed by atoms with Crippen molar-refractivity contribution >= 4 is 11.6 Å². The van der Waals surface area contributed by atoms with Crippen LogP contribution in [-0.2, 0) is 16.8 Å². The van der Waals surface area contributed by atoms with Gasteiger partial charge in [0.1, 0.15) is 11.5 Å². The van der Waals surface area contributed by atoms with Gasteiger partial charge in [0.25, 0.3) is 0 Å². The third-order valence-electron chi connectivity index (χ3n) is 6.64. The molecule has 1 fully saturated rings. The zero-order valence-corrected chi connectivity index (χ0v) is 18.6. The van der Waals surface area contributed by atoms with Crippen LogP contribution in [0.15, 0.2) is 60.8 Å². The Hall–Kier alpha value is -3.41. The van der Waals surface area contributed by atoms with E-state index in [4.69, 9.17) is 9.47 Å². The number of carbonyl (C=O) groups excluding carboxylic acids is 1. The Morgan fingerprint density at radius 3 is 2.53 bits per heavy atom. The SMILES string of the molecule is CCOc1ccc2c(c1)NC1(CCN(C(=O)Cc3ccc(OC)cc3)CC1)c1cccn1-2. The quantitative estimate of drug-likeness (QED) is 0.652. The van der Waals surface area contributed by atoms with E-state index in [0.717, 1.165) is 54.4 Å². The largest absolute Gasteiger partial charge is 0.497 e. The maximum Gasteiger partial charge on any atom is 0.226 e. The summed E-state index contributed by atoms with van der Waals surface area (Å²) in [7, 11) is 1.65. The zero-order valence-electron chi connectivity index (χ0n) is 18.6. The number of methoxy groups -OCH3 is 1. The number of hydrogen-bond acceptors (Lipinski definition) is 4. The van der Waals surface area contributed by atoms with Crippen LogP contribution in [0.1, 0.15) is 31.0 Å². The Labute approximate surface area is 188 Å². The van der Waals surface area contributed by atoms with Crippen LogP contribution in [0.4, 0.5) is 5.69 Å². The van der Waals surface area contributed by atoms with Crippen molar-refractivity contribution in [2.24, 2.45) is 0 Å². The second-order valence-electron chi connectivity index (χ2n) is 8.49. The van der Waals surface area contributed by atoms with E-state index in [1.165, 1.54) is 5.69 Å². The topological polar surface area (TPSA) is 55.7 Å². The third-order valence-corrected chi connectivity index (χ3v) is 6.64. The summed E-state index contributed by atoms with van der Waals surface area (Å²) in [6.45, 7) is 4.10. The van der Waals surface area contributed by atoms with Crippen molar-refractivity contribution in [2.75, 3.05) is 32.1 Å². The van der Waals surface area contributed by atoms with E-state index in [-0.39, 0.29) is 11.4 Å². The molecule has 3 aromatic rings. The monoisotopic (exact) mass is 431 g/mol. The molecule has 5 rings (SSSR count). The van der Waals surface area contributed by atoms with Gasteiger partial charge in [-0.15, -0.1) is 0 Å². The fraction of sp³-hybridized carbons (Fsp3) is 0.346. The first-order chi connectivity index (χ1) is 15.6. The fourth-order valence-corrected chi connectivity index (χ4v) is 4.93. The molecule has 32 heavy (non-hydrogen) atoms. The lowest BCUT2D eigenvalue weighted by atomic mass is 9.82. The van der Waals surface area contributed by atoms with Crippen molar-refractivity contribution in [3.63, 3.8) is 0 Å². The van der Waals surface area contributed by atoms with Gasteiger partial charge in [-0.2, -0.15) is 0 Å². The normalized spacial score (nSPS) is 16.1. The van der Waals surface area contributed by atoms with Crippen molar-refractivity contribution in [2.45, 2.75) is 31.7 Å². The van der Waals surface area contributed by atoms with Gasteiger partial charge in [0, 0.05) is 31.0 Å². The fourth-order valence-electron chi connectivity index (χ4n) is 4.93. The van der Waals surface area contributed by atoms with Crippen LogP contribution in [-0.4, -0.2) is 42.2 Å². The molecule has 2 aliphatic rings. The van der Waals surface area contributed by atoms with Gasteiger partial charge in [0.15, 0.2) is 0 Å². The number of nitrogens with zero attached hydrogens (tertiary/aromatic N) is 2. The van der Waals surface area contributed by atoms with Crippen LogP contribution >= 0.6 is 0 Å². The molecule has 6 heteroatoms. The molecule has 0 radical (unpaired) electrons. The Balaban J connectivity index is 1.32. The van der Waals surface area contributed by atoms with Gasteiger partial charge in [-0.3, -0.25) is 4.79 Å². The Kier molecular flexibility index (Phi) is 5.29. The van der Waals surface area contributed by atoms with Crippen molar-refractivity contribution in [1.82, 2.24) is 9.47 Å². The van der Waals surface area contributed by atoms with Crippen LogP contribution in [0, 0.1) is 0 Å². The number of likely N-dealkylation sites (tertiary alicyclic amines) is 1. The van der Waals surface area contributed by atoms with Crippen LogP contribution in [0.3, 0.4) is 0 Å². The van der Waals surface area contributed by atoms with E-state index in [1.54, 1.807) is 7.11 Å². The van der Waals surface area contributed by atoms with Gasteiger partial charge in [0.05, 0.1) is 37.1 Å². The first kappa shape index (κ1) is 20.5. The number of rotatable bonds is 5. The van der Waals surface area contributed by atoms with Crippen molar-refractivity contribution in [3.05, 3.63) is 72.1 Å². The van der Waals surface area contributed by atoms with E-state index in [1.807, 2.05) is 42.2 Å². The Bertz CT molecular complexity index is 1110. The molecule has 1 N–H and O–H groups in total. The maximum absolute atomic E-state index is 13.0. The molecule has 0 aliphatic carbocycles. The summed E-state index contributed by atoms with van der Waals surface area (Å²) in [5.41, 5.74) is 4.31. The molecular formula is C26H29N3O3. The molecule has 166 valence electrons. The highest BCUT2D eigenvalue weighted by Gasteiger charge is 2.42. The second kappa shape index (κ2) is 8.26. The number of piperidine rings is 1. The molecule has 1 aromatic heterocycles. The van der Waals surface area contributed by atoms with Gasteiger partial charge in [0.2, 0.25) is 5.91 Å². The molecule has 1 amide bonds. The van der Waals surface area contributed by atoms with Gasteiger partial charge in [-0.05, 0) is 61.7 Å². The lowest BCUT2D eigenvalue weighted by molar-refractivity contribution is -0.132. The predicted octanol–water partition coefficient (Wildman–Crippen LogP) is 4.37. The maximum atomic E-state index is 13.0. The molecule has 6 nitrogen and oxygen atoms in total. The minimum Gasteiger partial charge on any atom is -0.497 e. The van der Waals surface area contributed by atoms with Crippen LogP contribution in [0.2, 0.25) is 0 Å². The molecule has 3 heterocycles. The van der Waals surface area contributed by atoms with Crippen LogP contribution < -0.4 is 14.8 Å². The van der Waals surface area contributed by atoms with E-state index in [9.17, 15) is 4.79 Å². The molecule has 1 saturated heterocycles. The minimum absolute atomic E-state index is 0.176. The number of fused-ring (bicyclic) bond motifs is 4. The highest BCUT2D eigenvalue weighted by Crippen LogP contribution is 2.44. The van der Waals surface area contributed by atoms with Gasteiger partial charge in [-0.1, -0.05) is 12.1 Å². The number of benzene rings is 2. The highest BCUT2D eigenvalue weighted by atomic mass is 16.5. The zero-order chi connectivity index (χ0) is 22.1. The average molecular weight is 432 g/mol. The van der Waals surface area contributed by atoms with Gasteiger partial charge >= 0.3 is 0 Å². The summed E-state index contributed by atoms with van der Waals surface area (Å²) in [5.74, 6) is 1.85. The standard InChI is InChI=1S/C26H29N3O3/c1-3-32-21-10-11-23-22(18-21)27-26(24-5-4-14-29(23)24)12-15-28(16-13-26)25(30)17-19-6-8-20(31-2)9-7-19/h4-11,14,18,27H,3,12-13,15-17H2,1-2H3. The Morgan fingerprint density at radius 2 is 1.81 bits per heavy atom. The number of aromatic nitrogens is 1. The summed E-state index contributed by atoms with van der Waals surface area (Å²) in [4.78, 5) is 15.0. The summed E-state index contributed by atoms with van der Waals surface area (Å²) < 4.78 is 13.2. The lowest BCUT2D eigenvalue weighted by Gasteiger charge is -2.46. The molecule has 2 aliphatic heterocycles. The third kappa shape index (κ3) is 3.60. The average Bonchev–Trinajstić information content (AvgIpc) is 3.32. The molecule has 2 aromatic carbocycles. The van der Waals surface area contributed by atoms with Crippen LogP contribution in [0.25, 0.3) is 5.69 Å². The summed E-state index contributed by atoms with van der Waals surface area (Å²) in [6, 6.07) is 18.2. The predicted molar refractivity (Wildman–Crippen MR) is 125 cm³/mol. The summed E-state index contributed by atoms with van der Waals surface area (Å²) in [5, 5.41) is 3.82. The van der Waals surface area contributed by atoms with Crippen molar-refractivity contribution < 1.29 is 14.3 Å². The number of nitrogens with one attached hydrogen (secondary N) is 1. The number of amides is 1. The summed E-state index contributed by atoms with van der Waals surface area (Å²) >= 11 is 0. The van der Waals surface area contributed by atoms with Crippen molar-refractivity contribution in [3.8, 4) is 17.2 Å². The highest BCUT2D eigenvalue weighted by molar-refractivity contribution is 5.79. The number of ether oxygens (including phenoxy) is 2. The van der Waals surface area contributed by atoms with E-state index >= 15 is 0 Å². The second-order valence-corrected chi connectivity index (χ2v) is 8.49. The number of carbonyl (C=O) groups is 1. The Morgan fingerprint density at radius 1 is 1.06 bits per heavy atom. The molecule has 0 unspecified atom stereocenters. The van der Waals surface area contributed by atoms with Crippen LogP contribution in [0.5, 0.6) is 11.5 Å². The van der Waals surface area contributed by atoms with E-state index in [0.29, 0.717) is 13.0 Å². The first-order valence-electron chi connectivity index (χ1n) is 11.3. The van der Waals surface area contributed by atoms with E-state index < -0.39 is 0 Å². The molecule has 0 bridgehead atoms. The minimum atomic E-state index is -0.182. The summed E-state index contributed by atoms with van der Waals surface area (Å²) in [6.07, 6.45) is 4.27.